The van der Waals surface area contributed by atoms with Gasteiger partial charge >= 0.3 is 0 Å². The van der Waals surface area contributed by atoms with Crippen molar-refractivity contribution in [1.82, 2.24) is 9.80 Å². The Bertz CT molecular complexity index is 526. The van der Waals surface area contributed by atoms with Gasteiger partial charge < -0.3 is 9.80 Å². The van der Waals surface area contributed by atoms with Crippen molar-refractivity contribution in [2.24, 2.45) is 5.92 Å². The van der Waals surface area contributed by atoms with Gasteiger partial charge in [0.15, 0.2) is 0 Å². The summed E-state index contributed by atoms with van der Waals surface area (Å²) in [5, 5.41) is 0. The molecule has 0 radical (unpaired) electrons. The largest absolute Gasteiger partial charge is 0.301 e. The smallest absolute Gasteiger partial charge is 0.0110 e. The average Bonchev–Trinajstić information content (AvgIpc) is 3.04. The van der Waals surface area contributed by atoms with Gasteiger partial charge in [0.1, 0.15) is 0 Å². The lowest BCUT2D eigenvalue weighted by atomic mass is 9.93. The third kappa shape index (κ3) is 28.2. The summed E-state index contributed by atoms with van der Waals surface area (Å²) in [6, 6.07) is 0. The first-order valence-corrected chi connectivity index (χ1v) is 21.2. The van der Waals surface area contributed by atoms with Gasteiger partial charge in [-0.3, -0.25) is 0 Å². The maximum Gasteiger partial charge on any atom is 0.0110 e. The van der Waals surface area contributed by atoms with Crippen LogP contribution in [0.4, 0.5) is 0 Å². The SMILES string of the molecule is CCCCCCCCCCCCCCCCCCN1CCN(CC(CCCCCCCC)CCCCCCCCCC)CC1. The van der Waals surface area contributed by atoms with E-state index in [0.717, 1.165) is 5.92 Å². The van der Waals surface area contributed by atoms with E-state index in [1.54, 1.807) is 0 Å². The van der Waals surface area contributed by atoms with Crippen molar-refractivity contribution in [2.45, 2.75) is 226 Å². The molecule has 0 aromatic carbocycles. The maximum absolute atomic E-state index is 2.84. The summed E-state index contributed by atoms with van der Waals surface area (Å²) < 4.78 is 0. The van der Waals surface area contributed by atoms with Crippen molar-refractivity contribution in [1.29, 1.82) is 0 Å². The molecule has 0 aromatic heterocycles. The van der Waals surface area contributed by atoms with Gasteiger partial charge in [-0.2, -0.15) is 0 Å². The Labute approximate surface area is 280 Å². The molecule has 1 aliphatic heterocycles. The summed E-state index contributed by atoms with van der Waals surface area (Å²) in [4.78, 5) is 5.62. The number of nitrogens with zero attached hydrogens (tertiary/aromatic N) is 2. The minimum absolute atomic E-state index is 0.952. The van der Waals surface area contributed by atoms with Crippen LogP contribution in [0, 0.1) is 5.92 Å². The Kier molecular flexibility index (Phi) is 32.7. The minimum atomic E-state index is 0.952. The fourth-order valence-electron chi connectivity index (χ4n) is 7.55. The predicted molar refractivity (Wildman–Crippen MR) is 201 cm³/mol. The molecule has 1 unspecified atom stereocenters. The molecule has 1 atom stereocenters. The van der Waals surface area contributed by atoms with Gasteiger partial charge in [0.2, 0.25) is 0 Å². The Morgan fingerprint density at radius 1 is 0.318 bits per heavy atom. The molecule has 0 N–H and O–H groups in total. The predicted octanol–water partition coefficient (Wildman–Crippen LogP) is 13.8. The molecule has 1 heterocycles. The summed E-state index contributed by atoms with van der Waals surface area (Å²) in [6.45, 7) is 15.0. The van der Waals surface area contributed by atoms with Crippen molar-refractivity contribution in [3.05, 3.63) is 0 Å². The van der Waals surface area contributed by atoms with Gasteiger partial charge in [-0.05, 0) is 31.7 Å². The minimum Gasteiger partial charge on any atom is -0.301 e. The quantitative estimate of drug-likeness (QED) is 0.0652. The highest BCUT2D eigenvalue weighted by Gasteiger charge is 2.20. The van der Waals surface area contributed by atoms with Gasteiger partial charge in [-0.1, -0.05) is 207 Å². The van der Waals surface area contributed by atoms with E-state index in [0.29, 0.717) is 0 Å². The van der Waals surface area contributed by atoms with Crippen molar-refractivity contribution < 1.29 is 0 Å². The summed E-state index contributed by atoms with van der Waals surface area (Å²) in [7, 11) is 0. The molecule has 0 spiro atoms. The van der Waals surface area contributed by atoms with E-state index in [1.165, 1.54) is 245 Å². The third-order valence-electron chi connectivity index (χ3n) is 10.7. The zero-order chi connectivity index (χ0) is 31.6. The van der Waals surface area contributed by atoms with E-state index in [9.17, 15) is 0 Å². The molecule has 2 heteroatoms. The lowest BCUT2D eigenvalue weighted by molar-refractivity contribution is 0.111. The number of hydrogen-bond acceptors (Lipinski definition) is 2. The summed E-state index contributed by atoms with van der Waals surface area (Å²) in [5.41, 5.74) is 0. The lowest BCUT2D eigenvalue weighted by Crippen LogP contribution is -2.47. The molecule has 0 bridgehead atoms. The molecule has 0 amide bonds. The van der Waals surface area contributed by atoms with Crippen LogP contribution in [-0.4, -0.2) is 49.1 Å². The molecule has 0 aliphatic carbocycles. The van der Waals surface area contributed by atoms with Crippen LogP contribution in [0.2, 0.25) is 0 Å². The topological polar surface area (TPSA) is 6.48 Å². The fraction of sp³-hybridized carbons (Fsp3) is 1.00. The normalized spacial score (nSPS) is 15.3. The van der Waals surface area contributed by atoms with Crippen LogP contribution < -0.4 is 0 Å². The molecule has 1 saturated heterocycles. The van der Waals surface area contributed by atoms with Crippen LogP contribution >= 0.6 is 0 Å². The molecule has 1 aliphatic rings. The van der Waals surface area contributed by atoms with Crippen LogP contribution in [0.5, 0.6) is 0 Å². The highest BCUT2D eigenvalue weighted by molar-refractivity contribution is 4.75. The first kappa shape index (κ1) is 41.9. The van der Waals surface area contributed by atoms with E-state index in [2.05, 4.69) is 30.6 Å². The average molecular weight is 619 g/mol. The molecule has 2 nitrogen and oxygen atoms in total. The first-order valence-electron chi connectivity index (χ1n) is 21.2. The lowest BCUT2D eigenvalue weighted by Gasteiger charge is -2.36. The van der Waals surface area contributed by atoms with Gasteiger partial charge in [-0.15, -0.1) is 0 Å². The van der Waals surface area contributed by atoms with Crippen LogP contribution in [0.3, 0.4) is 0 Å². The van der Waals surface area contributed by atoms with Crippen LogP contribution in [0.25, 0.3) is 0 Å². The monoisotopic (exact) mass is 619 g/mol. The van der Waals surface area contributed by atoms with Crippen LogP contribution in [0.1, 0.15) is 226 Å². The van der Waals surface area contributed by atoms with Crippen molar-refractivity contribution >= 4 is 0 Å². The van der Waals surface area contributed by atoms with E-state index in [1.807, 2.05) is 0 Å². The summed E-state index contributed by atoms with van der Waals surface area (Å²) in [5.74, 6) is 0.952. The third-order valence-corrected chi connectivity index (χ3v) is 10.7. The van der Waals surface area contributed by atoms with E-state index in [4.69, 9.17) is 0 Å². The van der Waals surface area contributed by atoms with Crippen molar-refractivity contribution in [2.75, 3.05) is 39.3 Å². The van der Waals surface area contributed by atoms with Crippen molar-refractivity contribution in [3.8, 4) is 0 Å². The standard InChI is InChI=1S/C42H86N2/c1-4-7-10-13-16-18-19-20-21-22-23-24-25-27-30-33-36-43-37-39-44(40-38-43)41-42(34-31-28-15-12-9-6-3)35-32-29-26-17-14-11-8-5-2/h42H,4-41H2,1-3H3. The summed E-state index contributed by atoms with van der Waals surface area (Å²) in [6.07, 6.45) is 46.8. The second-order valence-corrected chi connectivity index (χ2v) is 15.1. The van der Waals surface area contributed by atoms with E-state index < -0.39 is 0 Å². The molecular formula is C42H86N2. The number of hydrogen-bond donors (Lipinski definition) is 0. The molecular weight excluding hydrogens is 532 g/mol. The zero-order valence-corrected chi connectivity index (χ0v) is 31.3. The molecule has 44 heavy (non-hydrogen) atoms. The Hall–Kier alpha value is -0.0800. The number of rotatable bonds is 35. The van der Waals surface area contributed by atoms with Crippen LogP contribution in [-0.2, 0) is 0 Å². The van der Waals surface area contributed by atoms with Gasteiger partial charge in [0.05, 0.1) is 0 Å². The maximum atomic E-state index is 2.84. The second-order valence-electron chi connectivity index (χ2n) is 15.1. The van der Waals surface area contributed by atoms with Gasteiger partial charge in [0, 0.05) is 32.7 Å². The highest BCUT2D eigenvalue weighted by Crippen LogP contribution is 2.22. The van der Waals surface area contributed by atoms with E-state index >= 15 is 0 Å². The van der Waals surface area contributed by atoms with Gasteiger partial charge in [-0.25, -0.2) is 0 Å². The van der Waals surface area contributed by atoms with Crippen molar-refractivity contribution in [3.63, 3.8) is 0 Å². The summed E-state index contributed by atoms with van der Waals surface area (Å²) >= 11 is 0. The number of piperazine rings is 1. The fourth-order valence-corrected chi connectivity index (χ4v) is 7.55. The van der Waals surface area contributed by atoms with E-state index in [-0.39, 0.29) is 0 Å². The number of unbranched alkanes of at least 4 members (excludes halogenated alkanes) is 27. The first-order chi connectivity index (χ1) is 21.8. The molecule has 1 rings (SSSR count). The van der Waals surface area contributed by atoms with Crippen LogP contribution in [0.15, 0.2) is 0 Å². The second kappa shape index (κ2) is 34.3. The van der Waals surface area contributed by atoms with Gasteiger partial charge in [0.25, 0.3) is 0 Å². The Morgan fingerprint density at radius 2 is 0.591 bits per heavy atom. The Morgan fingerprint density at radius 3 is 0.932 bits per heavy atom. The zero-order valence-electron chi connectivity index (χ0n) is 31.3. The molecule has 0 saturated carbocycles. The molecule has 264 valence electrons. The Balaban J connectivity index is 2.05. The molecule has 0 aromatic rings. The molecule has 1 fully saturated rings. The highest BCUT2D eigenvalue weighted by atomic mass is 15.3.